The van der Waals surface area contributed by atoms with E-state index in [9.17, 15) is 24.3 Å². The Hall–Kier alpha value is -3.70. The van der Waals surface area contributed by atoms with Crippen molar-refractivity contribution >= 4 is 41.1 Å². The number of amides is 4. The molecule has 0 aromatic heterocycles. The highest BCUT2D eigenvalue weighted by Gasteiger charge is 2.65. The van der Waals surface area contributed by atoms with Gasteiger partial charge >= 0.3 is 0 Å². The Labute approximate surface area is 230 Å². The lowest BCUT2D eigenvalue weighted by molar-refractivity contribution is -0.168. The topological polar surface area (TPSA) is 131 Å². The van der Waals surface area contributed by atoms with Crippen LogP contribution in [0.4, 0.5) is 0 Å². The number of aliphatic hydroxyl groups excluding tert-OH is 1. The number of aryl methyl sites for hydroxylation is 1. The van der Waals surface area contributed by atoms with Gasteiger partial charge in [-0.15, -0.1) is 11.8 Å². The third kappa shape index (κ3) is 5.16. The van der Waals surface area contributed by atoms with Crippen molar-refractivity contribution in [2.24, 2.45) is 5.10 Å². The molecule has 10 nitrogen and oxygen atoms in total. The summed E-state index contributed by atoms with van der Waals surface area (Å²) in [5, 5.41) is 17.8. The molecule has 4 amide bonds. The van der Waals surface area contributed by atoms with Crippen LogP contribution in [-0.2, 0) is 32.1 Å². The van der Waals surface area contributed by atoms with E-state index in [0.29, 0.717) is 6.54 Å². The molecule has 0 bridgehead atoms. The molecule has 2 saturated heterocycles. The highest BCUT2D eigenvalue weighted by atomic mass is 32.2. The van der Waals surface area contributed by atoms with Gasteiger partial charge in [0.2, 0.25) is 11.8 Å². The van der Waals surface area contributed by atoms with Gasteiger partial charge in [-0.2, -0.15) is 5.10 Å². The van der Waals surface area contributed by atoms with Gasteiger partial charge in [0, 0.05) is 19.4 Å². The van der Waals surface area contributed by atoms with E-state index in [1.54, 1.807) is 4.90 Å². The van der Waals surface area contributed by atoms with E-state index in [1.807, 2.05) is 68.4 Å². The number of likely N-dealkylation sites (tertiary alicyclic amines) is 1. The second kappa shape index (κ2) is 10.8. The van der Waals surface area contributed by atoms with Crippen molar-refractivity contribution in [3.63, 3.8) is 0 Å². The zero-order chi connectivity index (χ0) is 27.7. The summed E-state index contributed by atoms with van der Waals surface area (Å²) in [6.45, 7) is 4.39. The van der Waals surface area contributed by atoms with E-state index in [4.69, 9.17) is 0 Å². The van der Waals surface area contributed by atoms with Gasteiger partial charge in [0.05, 0.1) is 11.9 Å². The first-order chi connectivity index (χ1) is 18.7. The molecule has 3 heterocycles. The van der Waals surface area contributed by atoms with Crippen molar-refractivity contribution in [2.45, 2.75) is 62.7 Å². The van der Waals surface area contributed by atoms with E-state index < -0.39 is 34.9 Å². The highest BCUT2D eigenvalue weighted by Crippen LogP contribution is 2.51. The van der Waals surface area contributed by atoms with Crippen LogP contribution in [0.2, 0.25) is 0 Å². The molecule has 3 aliphatic rings. The summed E-state index contributed by atoms with van der Waals surface area (Å²) >= 11 is 1.49. The van der Waals surface area contributed by atoms with Crippen LogP contribution in [0, 0.1) is 6.92 Å². The number of benzene rings is 2. The van der Waals surface area contributed by atoms with Gasteiger partial charge in [-0.25, -0.2) is 5.43 Å². The Morgan fingerprint density at radius 1 is 1.15 bits per heavy atom. The van der Waals surface area contributed by atoms with Crippen LogP contribution < -0.4 is 10.7 Å². The molecule has 11 heteroatoms. The number of rotatable bonds is 8. The molecule has 3 aliphatic heterocycles. The second-order valence-electron chi connectivity index (χ2n) is 10.2. The molecule has 39 heavy (non-hydrogen) atoms. The number of nitrogens with zero attached hydrogens (tertiary/aromatic N) is 3. The summed E-state index contributed by atoms with van der Waals surface area (Å²) in [6.07, 6.45) is -1.11. The smallest absolute Gasteiger partial charge is 0.267 e. The van der Waals surface area contributed by atoms with Gasteiger partial charge in [-0.05, 0) is 37.0 Å². The normalized spacial score (nSPS) is 23.8. The Morgan fingerprint density at radius 2 is 1.87 bits per heavy atom. The number of β-lactam (4-membered cyclic amide) rings is 1. The molecule has 204 valence electrons. The lowest BCUT2D eigenvalue weighted by Gasteiger charge is -2.53. The average Bonchev–Trinajstić information content (AvgIpc) is 3.25. The number of carbonyl (C=O) groups is 4. The van der Waals surface area contributed by atoms with Gasteiger partial charge in [0.1, 0.15) is 16.6 Å². The largest absolute Gasteiger partial charge is 0.381 e. The maximum Gasteiger partial charge on any atom is 0.267 e. The summed E-state index contributed by atoms with van der Waals surface area (Å²) in [4.78, 5) is 53.9. The van der Waals surface area contributed by atoms with Gasteiger partial charge in [-0.1, -0.05) is 54.6 Å². The van der Waals surface area contributed by atoms with Crippen LogP contribution in [0.25, 0.3) is 0 Å². The molecule has 2 aromatic carbocycles. The molecule has 2 aromatic rings. The third-order valence-electron chi connectivity index (χ3n) is 7.64. The number of nitrogens with one attached hydrogen (secondary N) is 2. The van der Waals surface area contributed by atoms with E-state index in [-0.39, 0.29) is 42.7 Å². The minimum atomic E-state index is -1.59. The van der Waals surface area contributed by atoms with Crippen molar-refractivity contribution in [1.29, 1.82) is 0 Å². The number of thioether (sulfide) groups is 1. The Balaban J connectivity index is 1.32. The van der Waals surface area contributed by atoms with Crippen molar-refractivity contribution in [3.8, 4) is 0 Å². The SMILES string of the molecule is Cc1ccccc1CN1C(=O)[C@H]2N(C(=O)[C@@H](O)[C@H](Cc3ccccc3)NC(=O)C3=NNC(=O)CC3)CSC21C. The van der Waals surface area contributed by atoms with Crippen LogP contribution in [0.15, 0.2) is 59.7 Å². The predicted octanol–water partition coefficient (Wildman–Crippen LogP) is 1.31. The van der Waals surface area contributed by atoms with Gasteiger partial charge in [0.25, 0.3) is 11.8 Å². The molecule has 3 N–H and O–H groups in total. The van der Waals surface area contributed by atoms with Gasteiger partial charge in [-0.3, -0.25) is 19.2 Å². The van der Waals surface area contributed by atoms with Crippen molar-refractivity contribution in [2.75, 3.05) is 5.88 Å². The summed E-state index contributed by atoms with van der Waals surface area (Å²) in [5.41, 5.74) is 5.36. The molecule has 4 atom stereocenters. The third-order valence-corrected chi connectivity index (χ3v) is 9.07. The molecule has 0 radical (unpaired) electrons. The fraction of sp³-hybridized carbons (Fsp3) is 0.393. The molecular formula is C28H31N5O5S. The monoisotopic (exact) mass is 549 g/mol. The van der Waals surface area contributed by atoms with Crippen LogP contribution >= 0.6 is 11.8 Å². The molecule has 2 fully saturated rings. The van der Waals surface area contributed by atoms with E-state index in [0.717, 1.165) is 16.7 Å². The Kier molecular flexibility index (Phi) is 7.46. The molecule has 0 aliphatic carbocycles. The van der Waals surface area contributed by atoms with E-state index in [2.05, 4.69) is 15.8 Å². The van der Waals surface area contributed by atoms with Crippen molar-refractivity contribution in [1.82, 2.24) is 20.5 Å². The highest BCUT2D eigenvalue weighted by molar-refractivity contribution is 8.01. The Morgan fingerprint density at radius 3 is 2.56 bits per heavy atom. The quantitative estimate of drug-likeness (QED) is 0.426. The summed E-state index contributed by atoms with van der Waals surface area (Å²) < 4.78 is 0. The average molecular weight is 550 g/mol. The van der Waals surface area contributed by atoms with E-state index in [1.165, 1.54) is 16.7 Å². The van der Waals surface area contributed by atoms with Crippen LogP contribution in [0.5, 0.6) is 0 Å². The number of hydrogen-bond acceptors (Lipinski definition) is 7. The van der Waals surface area contributed by atoms with Crippen molar-refractivity contribution < 1.29 is 24.3 Å². The summed E-state index contributed by atoms with van der Waals surface area (Å²) in [7, 11) is 0. The maximum atomic E-state index is 13.6. The lowest BCUT2D eigenvalue weighted by atomic mass is 9.91. The summed E-state index contributed by atoms with van der Waals surface area (Å²) in [6, 6.07) is 15.4. The fourth-order valence-corrected chi connectivity index (χ4v) is 6.63. The first-order valence-electron chi connectivity index (χ1n) is 12.9. The molecule has 5 rings (SSSR count). The van der Waals surface area contributed by atoms with Crippen LogP contribution in [0.1, 0.15) is 36.5 Å². The maximum absolute atomic E-state index is 13.6. The lowest BCUT2D eigenvalue weighted by Crippen LogP contribution is -2.73. The molecule has 0 saturated carbocycles. The zero-order valence-corrected chi connectivity index (χ0v) is 22.6. The second-order valence-corrected chi connectivity index (χ2v) is 11.6. The molecule has 1 unspecified atom stereocenters. The van der Waals surface area contributed by atoms with E-state index >= 15 is 0 Å². The number of hydrazone groups is 1. The fourth-order valence-electron chi connectivity index (χ4n) is 5.26. The van der Waals surface area contributed by atoms with Gasteiger partial charge in [0.15, 0.2) is 6.10 Å². The number of carbonyl (C=O) groups excluding carboxylic acids is 4. The van der Waals surface area contributed by atoms with Gasteiger partial charge < -0.3 is 20.2 Å². The Bertz CT molecular complexity index is 1330. The number of fused-ring (bicyclic) bond motifs is 1. The summed E-state index contributed by atoms with van der Waals surface area (Å²) in [5.74, 6) is -1.37. The zero-order valence-electron chi connectivity index (χ0n) is 21.8. The standard InChI is InChI=1S/C28H31N5O5S/c1-17-8-6-7-11-19(17)15-33-27(38)24-28(33,2)39-16-32(24)26(37)23(35)21(14-18-9-4-3-5-10-18)29-25(36)20-12-13-22(34)31-30-20/h3-11,21,23-24,35H,12-16H2,1-2H3,(H,29,36)(H,31,34)/t21-,23-,24+,28?/m0/s1. The molecule has 0 spiro atoms. The first-order valence-corrected chi connectivity index (χ1v) is 13.9. The number of aliphatic hydroxyl groups is 1. The first kappa shape index (κ1) is 26.9. The predicted molar refractivity (Wildman–Crippen MR) is 146 cm³/mol. The van der Waals surface area contributed by atoms with Crippen LogP contribution in [0.3, 0.4) is 0 Å². The minimum Gasteiger partial charge on any atom is -0.381 e. The van der Waals surface area contributed by atoms with Crippen molar-refractivity contribution in [3.05, 3.63) is 71.3 Å². The van der Waals surface area contributed by atoms with Crippen LogP contribution in [-0.4, -0.2) is 73.2 Å². The minimum absolute atomic E-state index is 0.123. The molecular weight excluding hydrogens is 518 g/mol. The number of hydrogen-bond donors (Lipinski definition) is 3.